The molecular formula is C14H20N2. The Morgan fingerprint density at radius 1 is 1.38 bits per heavy atom. The zero-order chi connectivity index (χ0) is 11.7. The molecule has 86 valence electrons. The Hall–Kier alpha value is -1.28. The Labute approximate surface area is 96.9 Å². The minimum absolute atomic E-state index is 0.208. The fourth-order valence-electron chi connectivity index (χ4n) is 2.32. The molecule has 0 fully saturated rings. The summed E-state index contributed by atoms with van der Waals surface area (Å²) in [6.07, 6.45) is 1.99. The molecule has 2 heteroatoms. The third-order valence-corrected chi connectivity index (χ3v) is 3.03. The number of nitrogens with one attached hydrogen (secondary N) is 1. The summed E-state index contributed by atoms with van der Waals surface area (Å²) in [5, 5.41) is 1.36. The number of aromatic nitrogens is 1. The second kappa shape index (κ2) is 4.30. The van der Waals surface area contributed by atoms with Crippen LogP contribution in [-0.2, 0) is 12.8 Å². The van der Waals surface area contributed by atoms with Gasteiger partial charge in [-0.05, 0) is 38.0 Å². The van der Waals surface area contributed by atoms with Gasteiger partial charge in [0, 0.05) is 29.1 Å². The number of fused-ring (bicyclic) bond motifs is 1. The highest BCUT2D eigenvalue weighted by Crippen LogP contribution is 2.24. The SMILES string of the molecule is CCc1c(CC(C)N)[nH]c2ccc(C)cc12. The lowest BCUT2D eigenvalue weighted by Gasteiger charge is -2.05. The number of nitrogens with two attached hydrogens (primary N) is 1. The molecular weight excluding hydrogens is 196 g/mol. The first-order chi connectivity index (χ1) is 7.61. The van der Waals surface area contributed by atoms with Gasteiger partial charge in [-0.2, -0.15) is 0 Å². The molecule has 1 unspecified atom stereocenters. The minimum Gasteiger partial charge on any atom is -0.358 e. The Kier molecular flexibility index (Phi) is 3.01. The van der Waals surface area contributed by atoms with Gasteiger partial charge in [-0.1, -0.05) is 18.6 Å². The highest BCUT2D eigenvalue weighted by molar-refractivity contribution is 5.85. The average molecular weight is 216 g/mol. The van der Waals surface area contributed by atoms with Crippen LogP contribution in [0.3, 0.4) is 0 Å². The zero-order valence-electron chi connectivity index (χ0n) is 10.3. The highest BCUT2D eigenvalue weighted by Gasteiger charge is 2.10. The number of aromatic amines is 1. The van der Waals surface area contributed by atoms with Crippen molar-refractivity contribution in [1.82, 2.24) is 4.98 Å². The van der Waals surface area contributed by atoms with Gasteiger partial charge in [0.05, 0.1) is 0 Å². The summed E-state index contributed by atoms with van der Waals surface area (Å²) >= 11 is 0. The van der Waals surface area contributed by atoms with Gasteiger partial charge >= 0.3 is 0 Å². The predicted molar refractivity (Wildman–Crippen MR) is 69.8 cm³/mol. The van der Waals surface area contributed by atoms with Crippen molar-refractivity contribution in [3.63, 3.8) is 0 Å². The summed E-state index contributed by atoms with van der Waals surface area (Å²) in [6.45, 7) is 6.39. The van der Waals surface area contributed by atoms with E-state index in [1.54, 1.807) is 0 Å². The van der Waals surface area contributed by atoms with Gasteiger partial charge in [-0.25, -0.2) is 0 Å². The molecule has 0 spiro atoms. The normalized spacial score (nSPS) is 13.2. The summed E-state index contributed by atoms with van der Waals surface area (Å²) in [4.78, 5) is 3.49. The molecule has 1 aromatic heterocycles. The molecule has 1 atom stereocenters. The lowest BCUT2D eigenvalue weighted by atomic mass is 10.0. The van der Waals surface area contributed by atoms with Gasteiger partial charge in [0.1, 0.15) is 0 Å². The molecule has 0 saturated heterocycles. The summed E-state index contributed by atoms with van der Waals surface area (Å²) in [5.41, 5.74) is 11.2. The Morgan fingerprint density at radius 2 is 2.12 bits per heavy atom. The molecule has 0 radical (unpaired) electrons. The van der Waals surface area contributed by atoms with Crippen molar-refractivity contribution in [3.05, 3.63) is 35.0 Å². The molecule has 0 aliphatic carbocycles. The van der Waals surface area contributed by atoms with Crippen LogP contribution in [0, 0.1) is 6.92 Å². The van der Waals surface area contributed by atoms with Gasteiger partial charge in [0.25, 0.3) is 0 Å². The molecule has 3 N–H and O–H groups in total. The van der Waals surface area contributed by atoms with E-state index in [-0.39, 0.29) is 6.04 Å². The van der Waals surface area contributed by atoms with Crippen LogP contribution in [0.5, 0.6) is 0 Å². The van der Waals surface area contributed by atoms with Crippen LogP contribution in [0.2, 0.25) is 0 Å². The standard InChI is InChI=1S/C14H20N2/c1-4-11-12-7-9(2)5-6-13(12)16-14(11)8-10(3)15/h5-7,10,16H,4,8,15H2,1-3H3. The molecule has 16 heavy (non-hydrogen) atoms. The van der Waals surface area contributed by atoms with Crippen molar-refractivity contribution in [2.45, 2.75) is 39.7 Å². The van der Waals surface area contributed by atoms with Crippen LogP contribution in [0.1, 0.15) is 30.7 Å². The monoisotopic (exact) mass is 216 g/mol. The predicted octanol–water partition coefficient (Wildman–Crippen LogP) is 2.93. The van der Waals surface area contributed by atoms with Crippen LogP contribution < -0.4 is 5.73 Å². The first-order valence-electron chi connectivity index (χ1n) is 5.97. The van der Waals surface area contributed by atoms with Crippen molar-refractivity contribution < 1.29 is 0 Å². The van der Waals surface area contributed by atoms with E-state index in [9.17, 15) is 0 Å². The van der Waals surface area contributed by atoms with Crippen LogP contribution >= 0.6 is 0 Å². The number of rotatable bonds is 3. The third kappa shape index (κ3) is 1.98. The second-order valence-electron chi connectivity index (χ2n) is 4.67. The smallest absolute Gasteiger partial charge is 0.0459 e. The van der Waals surface area contributed by atoms with E-state index in [4.69, 9.17) is 5.73 Å². The van der Waals surface area contributed by atoms with Crippen molar-refractivity contribution >= 4 is 10.9 Å². The van der Waals surface area contributed by atoms with Gasteiger partial charge in [-0.15, -0.1) is 0 Å². The maximum Gasteiger partial charge on any atom is 0.0459 e. The highest BCUT2D eigenvalue weighted by atomic mass is 14.7. The molecule has 0 bridgehead atoms. The quantitative estimate of drug-likeness (QED) is 0.813. The van der Waals surface area contributed by atoms with E-state index >= 15 is 0 Å². The molecule has 1 heterocycles. The van der Waals surface area contributed by atoms with Gasteiger partial charge < -0.3 is 10.7 Å². The number of H-pyrrole nitrogens is 1. The summed E-state index contributed by atoms with van der Waals surface area (Å²) < 4.78 is 0. The van der Waals surface area contributed by atoms with E-state index in [0.29, 0.717) is 0 Å². The zero-order valence-corrected chi connectivity index (χ0v) is 10.3. The lowest BCUT2D eigenvalue weighted by molar-refractivity contribution is 0.721. The molecule has 0 amide bonds. The van der Waals surface area contributed by atoms with E-state index < -0.39 is 0 Å². The Balaban J connectivity index is 2.57. The molecule has 2 nitrogen and oxygen atoms in total. The molecule has 0 aliphatic heterocycles. The van der Waals surface area contributed by atoms with E-state index in [1.165, 1.54) is 27.7 Å². The van der Waals surface area contributed by atoms with Crippen LogP contribution in [0.4, 0.5) is 0 Å². The number of hydrogen-bond acceptors (Lipinski definition) is 1. The van der Waals surface area contributed by atoms with Gasteiger partial charge in [0.2, 0.25) is 0 Å². The summed E-state index contributed by atoms with van der Waals surface area (Å²) in [6, 6.07) is 6.78. The average Bonchev–Trinajstić information content (AvgIpc) is 2.53. The molecule has 0 aliphatic rings. The number of aryl methyl sites for hydroxylation is 2. The first-order valence-corrected chi connectivity index (χ1v) is 5.97. The minimum atomic E-state index is 0.208. The van der Waals surface area contributed by atoms with E-state index in [0.717, 1.165) is 12.8 Å². The number of hydrogen-bond donors (Lipinski definition) is 2. The Morgan fingerprint density at radius 3 is 2.75 bits per heavy atom. The second-order valence-corrected chi connectivity index (χ2v) is 4.67. The summed E-state index contributed by atoms with van der Waals surface area (Å²) in [5.74, 6) is 0. The molecule has 0 saturated carbocycles. The van der Waals surface area contributed by atoms with Crippen molar-refractivity contribution in [2.75, 3.05) is 0 Å². The Bertz CT molecular complexity index is 495. The maximum absolute atomic E-state index is 5.88. The third-order valence-electron chi connectivity index (χ3n) is 3.03. The summed E-state index contributed by atoms with van der Waals surface area (Å²) in [7, 11) is 0. The number of benzene rings is 1. The first kappa shape index (κ1) is 11.2. The van der Waals surface area contributed by atoms with Crippen LogP contribution in [0.15, 0.2) is 18.2 Å². The van der Waals surface area contributed by atoms with E-state index in [1.807, 2.05) is 0 Å². The lowest BCUT2D eigenvalue weighted by Crippen LogP contribution is -2.18. The fraction of sp³-hybridized carbons (Fsp3) is 0.429. The van der Waals surface area contributed by atoms with Crippen molar-refractivity contribution in [3.8, 4) is 0 Å². The molecule has 2 aromatic rings. The molecule has 2 rings (SSSR count). The fourth-order valence-corrected chi connectivity index (χ4v) is 2.32. The van der Waals surface area contributed by atoms with E-state index in [2.05, 4.69) is 44.0 Å². The van der Waals surface area contributed by atoms with Crippen LogP contribution in [0.25, 0.3) is 10.9 Å². The van der Waals surface area contributed by atoms with Crippen LogP contribution in [-0.4, -0.2) is 11.0 Å². The maximum atomic E-state index is 5.88. The topological polar surface area (TPSA) is 41.8 Å². The van der Waals surface area contributed by atoms with Gasteiger partial charge in [-0.3, -0.25) is 0 Å². The van der Waals surface area contributed by atoms with Gasteiger partial charge in [0.15, 0.2) is 0 Å². The van der Waals surface area contributed by atoms with Crippen molar-refractivity contribution in [1.29, 1.82) is 0 Å². The largest absolute Gasteiger partial charge is 0.358 e. The van der Waals surface area contributed by atoms with Crippen molar-refractivity contribution in [2.24, 2.45) is 5.73 Å². The molecule has 1 aromatic carbocycles.